The highest BCUT2D eigenvalue weighted by Gasteiger charge is 2.21. The molecular formula is C21H24FN3O3S2. The zero-order valence-electron chi connectivity index (χ0n) is 16.9. The molecule has 30 heavy (non-hydrogen) atoms. The van der Waals surface area contributed by atoms with E-state index in [9.17, 15) is 17.6 Å². The molecule has 0 radical (unpaired) electrons. The average molecular weight is 450 g/mol. The first-order valence-corrected chi connectivity index (χ1v) is 12.0. The number of halogens is 1. The van der Waals surface area contributed by atoms with Crippen LogP contribution in [0.25, 0.3) is 10.2 Å². The van der Waals surface area contributed by atoms with Crippen molar-refractivity contribution in [2.75, 3.05) is 37.8 Å². The predicted octanol–water partition coefficient (Wildman–Crippen LogP) is 3.58. The Morgan fingerprint density at radius 3 is 2.43 bits per heavy atom. The maximum atomic E-state index is 13.0. The quantitative estimate of drug-likeness (QED) is 0.467. The molecule has 0 saturated carbocycles. The Balaban J connectivity index is 1.69. The minimum atomic E-state index is -3.57. The van der Waals surface area contributed by atoms with Crippen LogP contribution in [0, 0.1) is 5.82 Å². The van der Waals surface area contributed by atoms with Crippen molar-refractivity contribution >= 4 is 42.4 Å². The summed E-state index contributed by atoms with van der Waals surface area (Å²) in [7, 11) is 0.286. The second-order valence-corrected chi connectivity index (χ2v) is 10.3. The van der Waals surface area contributed by atoms with Crippen molar-refractivity contribution in [3.05, 3.63) is 54.3 Å². The average Bonchev–Trinajstić information content (AvgIpc) is 3.12. The number of aromatic nitrogens is 1. The van der Waals surface area contributed by atoms with Gasteiger partial charge in [-0.25, -0.2) is 17.8 Å². The molecule has 0 saturated heterocycles. The lowest BCUT2D eigenvalue weighted by atomic mass is 10.3. The topological polar surface area (TPSA) is 70.6 Å². The van der Waals surface area contributed by atoms with Crippen LogP contribution in [0.1, 0.15) is 12.8 Å². The summed E-state index contributed by atoms with van der Waals surface area (Å²) in [6, 6.07) is 12.4. The van der Waals surface area contributed by atoms with Gasteiger partial charge in [0.1, 0.15) is 5.82 Å². The van der Waals surface area contributed by atoms with Crippen molar-refractivity contribution in [3.63, 3.8) is 0 Å². The number of nitrogens with zero attached hydrogens (tertiary/aromatic N) is 3. The standard InChI is InChI=1S/C21H24FN3O3S2/c1-24(2)13-14-25(21-23-18-6-3-4-7-19(18)29-21)20(26)8-5-15-30(27,28)17-11-9-16(22)10-12-17/h3-4,6-7,9-12H,5,8,13-15H2,1-2H3. The summed E-state index contributed by atoms with van der Waals surface area (Å²) >= 11 is 1.44. The molecule has 0 aliphatic carbocycles. The Bertz CT molecular complexity index is 1080. The fourth-order valence-corrected chi connectivity index (χ4v) is 5.23. The highest BCUT2D eigenvalue weighted by Crippen LogP contribution is 2.29. The number of anilines is 1. The molecule has 1 amide bonds. The number of amides is 1. The van der Waals surface area contributed by atoms with Crippen molar-refractivity contribution in [2.24, 2.45) is 0 Å². The number of benzene rings is 2. The molecule has 0 atom stereocenters. The zero-order chi connectivity index (χ0) is 21.7. The normalized spacial score (nSPS) is 11.9. The van der Waals surface area contributed by atoms with Crippen molar-refractivity contribution in [1.29, 1.82) is 0 Å². The van der Waals surface area contributed by atoms with Gasteiger partial charge < -0.3 is 4.90 Å². The van der Waals surface area contributed by atoms with Gasteiger partial charge in [0.2, 0.25) is 5.91 Å². The number of thiazole rings is 1. The maximum absolute atomic E-state index is 13.0. The fourth-order valence-electron chi connectivity index (χ4n) is 2.91. The van der Waals surface area contributed by atoms with Crippen LogP contribution < -0.4 is 4.90 Å². The Morgan fingerprint density at radius 2 is 1.77 bits per heavy atom. The van der Waals surface area contributed by atoms with Gasteiger partial charge in [0.15, 0.2) is 15.0 Å². The largest absolute Gasteiger partial charge is 0.308 e. The number of sulfone groups is 1. The Hall–Kier alpha value is -2.36. The summed E-state index contributed by atoms with van der Waals surface area (Å²) in [5.74, 6) is -0.826. The second kappa shape index (κ2) is 9.63. The van der Waals surface area contributed by atoms with Crippen LogP contribution >= 0.6 is 11.3 Å². The summed E-state index contributed by atoms with van der Waals surface area (Å²) in [5.41, 5.74) is 0.832. The zero-order valence-corrected chi connectivity index (χ0v) is 18.5. The highest BCUT2D eigenvalue weighted by atomic mass is 32.2. The molecule has 0 aliphatic rings. The predicted molar refractivity (Wildman–Crippen MR) is 118 cm³/mol. The van der Waals surface area contributed by atoms with Crippen molar-refractivity contribution in [2.45, 2.75) is 17.7 Å². The van der Waals surface area contributed by atoms with E-state index < -0.39 is 15.7 Å². The van der Waals surface area contributed by atoms with Crippen molar-refractivity contribution in [1.82, 2.24) is 9.88 Å². The van der Waals surface area contributed by atoms with Gasteiger partial charge in [0, 0.05) is 19.5 Å². The summed E-state index contributed by atoms with van der Waals surface area (Å²) in [4.78, 5) is 21.2. The fraction of sp³-hybridized carbons (Fsp3) is 0.333. The number of carbonyl (C=O) groups excluding carboxylic acids is 1. The number of carbonyl (C=O) groups is 1. The third kappa shape index (κ3) is 5.62. The number of para-hydroxylation sites is 1. The molecule has 1 heterocycles. The summed E-state index contributed by atoms with van der Waals surface area (Å²) in [6.07, 6.45) is 0.270. The smallest absolute Gasteiger partial charge is 0.228 e. The van der Waals surface area contributed by atoms with Crippen molar-refractivity contribution < 1.29 is 17.6 Å². The Labute approximate surface area is 179 Å². The van der Waals surface area contributed by atoms with Gasteiger partial charge in [-0.1, -0.05) is 23.5 Å². The molecule has 1 aromatic heterocycles. The molecular weight excluding hydrogens is 425 g/mol. The molecule has 0 N–H and O–H groups in total. The van der Waals surface area contributed by atoms with Crippen LogP contribution in [0.15, 0.2) is 53.4 Å². The lowest BCUT2D eigenvalue weighted by Crippen LogP contribution is -2.36. The number of fused-ring (bicyclic) bond motifs is 1. The van der Waals surface area contributed by atoms with E-state index in [0.29, 0.717) is 18.2 Å². The van der Waals surface area contributed by atoms with Gasteiger partial charge in [-0.2, -0.15) is 0 Å². The third-order valence-electron chi connectivity index (χ3n) is 4.56. The lowest BCUT2D eigenvalue weighted by Gasteiger charge is -2.22. The minimum absolute atomic E-state index is 0.0620. The van der Waals surface area contributed by atoms with Gasteiger partial charge >= 0.3 is 0 Å². The molecule has 160 valence electrons. The molecule has 0 unspecified atom stereocenters. The van der Waals surface area contributed by atoms with E-state index in [4.69, 9.17) is 0 Å². The second-order valence-electron chi connectivity index (χ2n) is 7.19. The Kier molecular flexibility index (Phi) is 7.17. The van der Waals surface area contributed by atoms with Gasteiger partial charge in [-0.15, -0.1) is 0 Å². The van der Waals surface area contributed by atoms with E-state index in [1.165, 1.54) is 23.5 Å². The van der Waals surface area contributed by atoms with Crippen LogP contribution in [0.5, 0.6) is 0 Å². The van der Waals surface area contributed by atoms with Gasteiger partial charge in [0.05, 0.1) is 20.9 Å². The van der Waals surface area contributed by atoms with Crippen LogP contribution in [-0.4, -0.2) is 57.1 Å². The van der Waals surface area contributed by atoms with Gasteiger partial charge in [-0.05, 0) is 56.9 Å². The lowest BCUT2D eigenvalue weighted by molar-refractivity contribution is -0.118. The summed E-state index contributed by atoms with van der Waals surface area (Å²) in [6.45, 7) is 1.13. The molecule has 6 nitrogen and oxygen atoms in total. The maximum Gasteiger partial charge on any atom is 0.228 e. The monoisotopic (exact) mass is 449 g/mol. The van der Waals surface area contributed by atoms with E-state index in [0.717, 1.165) is 22.3 Å². The van der Waals surface area contributed by atoms with E-state index in [1.807, 2.05) is 43.3 Å². The van der Waals surface area contributed by atoms with Crippen molar-refractivity contribution in [3.8, 4) is 0 Å². The first-order chi connectivity index (χ1) is 14.3. The van der Waals surface area contributed by atoms with Gasteiger partial charge in [-0.3, -0.25) is 9.69 Å². The number of rotatable bonds is 9. The van der Waals surface area contributed by atoms with Crippen LogP contribution in [0.3, 0.4) is 0 Å². The van der Waals surface area contributed by atoms with Gasteiger partial charge in [0.25, 0.3) is 0 Å². The number of hydrogen-bond donors (Lipinski definition) is 0. The molecule has 2 aromatic carbocycles. The van der Waals surface area contributed by atoms with Crippen LogP contribution in [0.4, 0.5) is 9.52 Å². The number of likely N-dealkylation sites (N-methyl/N-ethyl adjacent to an activating group) is 1. The van der Waals surface area contributed by atoms with Crippen LogP contribution in [0.2, 0.25) is 0 Å². The first-order valence-electron chi connectivity index (χ1n) is 9.55. The highest BCUT2D eigenvalue weighted by molar-refractivity contribution is 7.91. The molecule has 0 fully saturated rings. The molecule has 9 heteroatoms. The molecule has 3 rings (SSSR count). The van der Waals surface area contributed by atoms with E-state index in [-0.39, 0.29) is 29.4 Å². The first kappa shape index (κ1) is 22.3. The third-order valence-corrected chi connectivity index (χ3v) is 7.44. The minimum Gasteiger partial charge on any atom is -0.308 e. The summed E-state index contributed by atoms with van der Waals surface area (Å²) in [5, 5.41) is 0.615. The summed E-state index contributed by atoms with van der Waals surface area (Å²) < 4.78 is 38.9. The van der Waals surface area contributed by atoms with Crippen LogP contribution in [-0.2, 0) is 14.6 Å². The number of hydrogen-bond acceptors (Lipinski definition) is 6. The van der Waals surface area contributed by atoms with E-state index in [1.54, 1.807) is 4.90 Å². The SMILES string of the molecule is CN(C)CCN(C(=O)CCCS(=O)(=O)c1ccc(F)cc1)c1nc2ccccc2s1. The van der Waals surface area contributed by atoms with E-state index in [2.05, 4.69) is 4.98 Å². The molecule has 0 bridgehead atoms. The Morgan fingerprint density at radius 1 is 1.07 bits per heavy atom. The molecule has 0 aliphatic heterocycles. The molecule has 0 spiro atoms. The molecule has 3 aromatic rings. The van der Waals surface area contributed by atoms with E-state index >= 15 is 0 Å².